The zero-order valence-electron chi connectivity index (χ0n) is 20.1. The summed E-state index contributed by atoms with van der Waals surface area (Å²) >= 11 is 12.1. The molecule has 5 nitrogen and oxygen atoms in total. The van der Waals surface area contributed by atoms with Crippen molar-refractivity contribution in [2.24, 2.45) is 0 Å². The van der Waals surface area contributed by atoms with Gasteiger partial charge in [-0.05, 0) is 47.5 Å². The van der Waals surface area contributed by atoms with Crippen LogP contribution in [0.5, 0.6) is 11.5 Å². The van der Waals surface area contributed by atoms with Crippen molar-refractivity contribution in [3.8, 4) is 11.5 Å². The Morgan fingerprint density at radius 1 is 0.711 bits per heavy atom. The molecule has 0 aliphatic carbocycles. The number of alkyl halides is 3. The third-order valence-corrected chi connectivity index (χ3v) is 7.25. The van der Waals surface area contributed by atoms with Crippen molar-refractivity contribution < 1.29 is 22.6 Å². The summed E-state index contributed by atoms with van der Waals surface area (Å²) in [4.78, 5) is 8.21. The van der Waals surface area contributed by atoms with E-state index in [0.29, 0.717) is 59.8 Å². The minimum Gasteiger partial charge on any atom is -0.477 e. The lowest BCUT2D eigenvalue weighted by Gasteiger charge is -2.36. The SMILES string of the molecule is FC(F)(F)c1ccc2c3c(c4c(c2n1)OCN(Cc1ccc(Cl)cc1)C4)CN(Cc1ccc(Cl)cc1)CO3. The lowest BCUT2D eigenvalue weighted by atomic mass is 9.97. The van der Waals surface area contributed by atoms with Crippen LogP contribution in [0.2, 0.25) is 10.0 Å². The van der Waals surface area contributed by atoms with E-state index in [2.05, 4.69) is 14.8 Å². The van der Waals surface area contributed by atoms with Crippen LogP contribution >= 0.6 is 23.2 Å². The first-order valence-corrected chi connectivity index (χ1v) is 12.7. The van der Waals surface area contributed by atoms with Gasteiger partial charge >= 0.3 is 6.18 Å². The maximum atomic E-state index is 13.5. The number of aromatic nitrogens is 1. The van der Waals surface area contributed by atoms with E-state index in [1.165, 1.54) is 6.07 Å². The second kappa shape index (κ2) is 9.93. The number of halogens is 5. The van der Waals surface area contributed by atoms with E-state index in [0.717, 1.165) is 28.3 Å². The van der Waals surface area contributed by atoms with E-state index >= 15 is 0 Å². The maximum Gasteiger partial charge on any atom is 0.433 e. The van der Waals surface area contributed by atoms with Crippen LogP contribution in [0.1, 0.15) is 27.9 Å². The second-order valence-electron chi connectivity index (χ2n) is 9.48. The van der Waals surface area contributed by atoms with Crippen LogP contribution in [-0.2, 0) is 32.4 Å². The average Bonchev–Trinajstić information content (AvgIpc) is 2.90. The Morgan fingerprint density at radius 2 is 1.21 bits per heavy atom. The molecule has 2 aliphatic rings. The molecular formula is C28H22Cl2F3N3O2. The third-order valence-electron chi connectivity index (χ3n) is 6.74. The Morgan fingerprint density at radius 3 is 1.74 bits per heavy atom. The molecule has 0 atom stereocenters. The smallest absolute Gasteiger partial charge is 0.433 e. The van der Waals surface area contributed by atoms with Crippen molar-refractivity contribution >= 4 is 34.1 Å². The molecule has 10 heteroatoms. The van der Waals surface area contributed by atoms with Crippen LogP contribution in [0, 0.1) is 0 Å². The van der Waals surface area contributed by atoms with Crippen molar-refractivity contribution in [1.82, 2.24) is 14.8 Å². The largest absolute Gasteiger partial charge is 0.477 e. The number of fused-ring (bicyclic) bond motifs is 6. The fourth-order valence-electron chi connectivity index (χ4n) is 4.96. The van der Waals surface area contributed by atoms with E-state index in [4.69, 9.17) is 32.7 Å². The zero-order valence-corrected chi connectivity index (χ0v) is 21.6. The third kappa shape index (κ3) is 5.01. The molecule has 0 saturated carbocycles. The van der Waals surface area contributed by atoms with E-state index in [1.54, 1.807) is 0 Å². The Labute approximate surface area is 227 Å². The topological polar surface area (TPSA) is 37.8 Å². The average molecular weight is 560 g/mol. The molecule has 3 heterocycles. The highest BCUT2D eigenvalue weighted by atomic mass is 35.5. The Kier molecular flexibility index (Phi) is 6.60. The van der Waals surface area contributed by atoms with Gasteiger partial charge in [0.1, 0.15) is 30.4 Å². The molecule has 0 bridgehead atoms. The van der Waals surface area contributed by atoms with Crippen molar-refractivity contribution in [2.45, 2.75) is 32.4 Å². The summed E-state index contributed by atoms with van der Waals surface area (Å²) in [6, 6.07) is 17.6. The van der Waals surface area contributed by atoms with Crippen LogP contribution in [0.3, 0.4) is 0 Å². The standard InChI is InChI=1S/C28H22Cl2F3N3O2/c29-19-5-1-17(2-6-19)11-35-13-22-23-14-36(12-18-3-7-20(30)8-4-18)16-38-27(23)25-21(26(22)37-15-35)9-10-24(34-25)28(31,32)33/h1-10H,11-16H2. The monoisotopic (exact) mass is 559 g/mol. The predicted molar refractivity (Wildman–Crippen MR) is 139 cm³/mol. The number of nitrogens with zero attached hydrogens (tertiary/aromatic N) is 3. The van der Waals surface area contributed by atoms with Gasteiger partial charge in [0.05, 0.1) is 0 Å². The molecule has 1 aromatic heterocycles. The van der Waals surface area contributed by atoms with Crippen LogP contribution in [0.25, 0.3) is 10.9 Å². The first-order chi connectivity index (χ1) is 18.2. The molecule has 0 N–H and O–H groups in total. The molecular weight excluding hydrogens is 538 g/mol. The van der Waals surface area contributed by atoms with Crippen LogP contribution in [0.15, 0.2) is 60.7 Å². The number of ether oxygens (including phenoxy) is 2. The van der Waals surface area contributed by atoms with Gasteiger partial charge in [0.2, 0.25) is 0 Å². The van der Waals surface area contributed by atoms with Gasteiger partial charge in [-0.3, -0.25) is 9.80 Å². The summed E-state index contributed by atoms with van der Waals surface area (Å²) in [5.74, 6) is 0.943. The molecule has 4 aromatic rings. The lowest BCUT2D eigenvalue weighted by Crippen LogP contribution is -2.36. The Balaban J connectivity index is 1.39. The van der Waals surface area contributed by atoms with Crippen molar-refractivity contribution in [2.75, 3.05) is 13.5 Å². The highest BCUT2D eigenvalue weighted by Crippen LogP contribution is 2.45. The molecule has 38 heavy (non-hydrogen) atoms. The van der Waals surface area contributed by atoms with Crippen LogP contribution < -0.4 is 9.47 Å². The van der Waals surface area contributed by atoms with Gasteiger partial charge in [0, 0.05) is 52.7 Å². The molecule has 0 unspecified atom stereocenters. The van der Waals surface area contributed by atoms with Gasteiger partial charge in [-0.15, -0.1) is 0 Å². The minimum atomic E-state index is -4.57. The quantitative estimate of drug-likeness (QED) is 0.263. The molecule has 196 valence electrons. The molecule has 0 radical (unpaired) electrons. The second-order valence-corrected chi connectivity index (χ2v) is 10.4. The number of rotatable bonds is 4. The molecule has 0 spiro atoms. The zero-order chi connectivity index (χ0) is 26.4. The molecule has 3 aromatic carbocycles. The van der Waals surface area contributed by atoms with E-state index in [1.807, 2.05) is 48.5 Å². The normalized spacial score (nSPS) is 16.0. The van der Waals surface area contributed by atoms with Gasteiger partial charge in [0.25, 0.3) is 0 Å². The maximum absolute atomic E-state index is 13.5. The van der Waals surface area contributed by atoms with E-state index < -0.39 is 11.9 Å². The number of pyridine rings is 1. The number of hydrogen-bond acceptors (Lipinski definition) is 5. The summed E-state index contributed by atoms with van der Waals surface area (Å²) in [7, 11) is 0. The number of benzene rings is 3. The van der Waals surface area contributed by atoms with Crippen molar-refractivity contribution in [3.05, 3.63) is 98.7 Å². The van der Waals surface area contributed by atoms with E-state index in [-0.39, 0.29) is 12.2 Å². The molecule has 2 aliphatic heterocycles. The summed E-state index contributed by atoms with van der Waals surface area (Å²) in [5.41, 5.74) is 3.03. The lowest BCUT2D eigenvalue weighted by molar-refractivity contribution is -0.140. The summed E-state index contributed by atoms with van der Waals surface area (Å²) in [5, 5.41) is 1.83. The van der Waals surface area contributed by atoms with Gasteiger partial charge in [-0.1, -0.05) is 47.5 Å². The van der Waals surface area contributed by atoms with Gasteiger partial charge < -0.3 is 9.47 Å². The Hall–Kier alpha value is -3.04. The summed E-state index contributed by atoms with van der Waals surface area (Å²) < 4.78 is 52.9. The minimum absolute atomic E-state index is 0.172. The first kappa shape index (κ1) is 25.2. The Bertz CT molecular complexity index is 1500. The molecule has 0 saturated heterocycles. The van der Waals surface area contributed by atoms with Gasteiger partial charge in [0.15, 0.2) is 5.75 Å². The molecule has 6 rings (SSSR count). The predicted octanol–water partition coefficient (Wildman–Crippen LogP) is 7.26. The first-order valence-electron chi connectivity index (χ1n) is 12.0. The van der Waals surface area contributed by atoms with Gasteiger partial charge in [-0.2, -0.15) is 13.2 Å². The van der Waals surface area contributed by atoms with Crippen LogP contribution in [0.4, 0.5) is 13.2 Å². The fourth-order valence-corrected chi connectivity index (χ4v) is 5.21. The molecule has 0 fully saturated rings. The van der Waals surface area contributed by atoms with Crippen molar-refractivity contribution in [3.63, 3.8) is 0 Å². The highest BCUT2D eigenvalue weighted by molar-refractivity contribution is 6.30. The number of hydrogen-bond donors (Lipinski definition) is 0. The molecule has 0 amide bonds. The summed E-state index contributed by atoms with van der Waals surface area (Å²) in [6.45, 7) is 2.76. The van der Waals surface area contributed by atoms with Crippen LogP contribution in [-0.4, -0.2) is 28.2 Å². The van der Waals surface area contributed by atoms with Gasteiger partial charge in [-0.25, -0.2) is 4.98 Å². The summed E-state index contributed by atoms with van der Waals surface area (Å²) in [6.07, 6.45) is -4.57. The van der Waals surface area contributed by atoms with Crippen molar-refractivity contribution in [1.29, 1.82) is 0 Å². The van der Waals surface area contributed by atoms with E-state index in [9.17, 15) is 13.2 Å². The fraction of sp³-hybridized carbons (Fsp3) is 0.250. The highest BCUT2D eigenvalue weighted by Gasteiger charge is 2.36.